The van der Waals surface area contributed by atoms with Crippen LogP contribution in [0.1, 0.15) is 17.3 Å². The van der Waals surface area contributed by atoms with E-state index < -0.39 is 6.10 Å². The zero-order chi connectivity index (χ0) is 23.1. The number of ether oxygens (including phenoxy) is 4. The van der Waals surface area contributed by atoms with Crippen molar-refractivity contribution in [3.05, 3.63) is 42.0 Å². The first kappa shape index (κ1) is 23.7. The third kappa shape index (κ3) is 5.83. The number of carbonyl (C=O) groups excluding carboxylic acids is 1. The first-order chi connectivity index (χ1) is 15.4. The second-order valence-corrected chi connectivity index (χ2v) is 7.72. The fraction of sp³-hybridized carbons (Fsp3) is 0.458. The summed E-state index contributed by atoms with van der Waals surface area (Å²) in [5.74, 6) is 2.12. The molecule has 1 atom stereocenters. The molecule has 1 fully saturated rings. The van der Waals surface area contributed by atoms with Crippen LogP contribution in [0.2, 0.25) is 0 Å². The van der Waals surface area contributed by atoms with Gasteiger partial charge in [-0.05, 0) is 31.2 Å². The van der Waals surface area contributed by atoms with E-state index in [9.17, 15) is 9.90 Å². The number of aliphatic hydroxyl groups excluding tert-OH is 1. The van der Waals surface area contributed by atoms with E-state index in [0.717, 1.165) is 37.4 Å². The minimum Gasteiger partial charge on any atom is -0.493 e. The fourth-order valence-electron chi connectivity index (χ4n) is 3.78. The van der Waals surface area contributed by atoms with E-state index in [0.29, 0.717) is 29.5 Å². The van der Waals surface area contributed by atoms with Gasteiger partial charge in [0.2, 0.25) is 5.75 Å². The van der Waals surface area contributed by atoms with Crippen LogP contribution in [-0.4, -0.2) is 82.6 Å². The van der Waals surface area contributed by atoms with Gasteiger partial charge >= 0.3 is 0 Å². The van der Waals surface area contributed by atoms with Crippen LogP contribution in [0.5, 0.6) is 23.0 Å². The van der Waals surface area contributed by atoms with Crippen molar-refractivity contribution >= 4 is 11.5 Å². The highest BCUT2D eigenvalue weighted by Crippen LogP contribution is 2.40. The van der Waals surface area contributed by atoms with Crippen molar-refractivity contribution in [1.82, 2.24) is 4.90 Å². The van der Waals surface area contributed by atoms with E-state index in [2.05, 4.69) is 9.80 Å². The summed E-state index contributed by atoms with van der Waals surface area (Å²) in [5, 5.41) is 10.5. The third-order valence-electron chi connectivity index (χ3n) is 5.56. The number of aliphatic hydroxyl groups is 1. The summed E-state index contributed by atoms with van der Waals surface area (Å²) in [6.45, 7) is 5.67. The van der Waals surface area contributed by atoms with Crippen LogP contribution in [-0.2, 0) is 0 Å². The summed E-state index contributed by atoms with van der Waals surface area (Å²) in [7, 11) is 4.64. The van der Waals surface area contributed by atoms with Gasteiger partial charge in [0.1, 0.15) is 18.5 Å². The average Bonchev–Trinajstić information content (AvgIpc) is 2.82. The van der Waals surface area contributed by atoms with Gasteiger partial charge in [-0.15, -0.1) is 0 Å². The summed E-state index contributed by atoms with van der Waals surface area (Å²) in [6.07, 6.45) is -0.629. The highest BCUT2D eigenvalue weighted by Gasteiger charge is 2.21. The van der Waals surface area contributed by atoms with Crippen LogP contribution in [0, 0.1) is 0 Å². The summed E-state index contributed by atoms with van der Waals surface area (Å²) in [4.78, 5) is 16.0. The van der Waals surface area contributed by atoms with E-state index in [-0.39, 0.29) is 12.4 Å². The summed E-state index contributed by atoms with van der Waals surface area (Å²) in [5.41, 5.74) is 1.84. The van der Waals surface area contributed by atoms with Crippen molar-refractivity contribution < 1.29 is 28.8 Å². The Hall–Kier alpha value is -2.97. The number of ketones is 1. The monoisotopic (exact) mass is 444 g/mol. The van der Waals surface area contributed by atoms with Crippen molar-refractivity contribution in [3.63, 3.8) is 0 Å². The van der Waals surface area contributed by atoms with Gasteiger partial charge in [-0.25, -0.2) is 0 Å². The predicted molar refractivity (Wildman–Crippen MR) is 123 cm³/mol. The molecule has 1 aliphatic rings. The maximum atomic E-state index is 11.4. The summed E-state index contributed by atoms with van der Waals surface area (Å²) >= 11 is 0. The Morgan fingerprint density at radius 2 is 1.56 bits per heavy atom. The number of Topliss-reactive ketones (excluding diaryl/α,β-unsaturated/α-hetero) is 1. The number of hydrogen-bond acceptors (Lipinski definition) is 8. The Bertz CT molecular complexity index is 869. The molecule has 0 spiro atoms. The van der Waals surface area contributed by atoms with Gasteiger partial charge in [0, 0.05) is 56.1 Å². The van der Waals surface area contributed by atoms with Crippen LogP contribution in [0.4, 0.5) is 5.69 Å². The normalized spacial score (nSPS) is 15.2. The molecule has 0 bridgehead atoms. The lowest BCUT2D eigenvalue weighted by Gasteiger charge is -2.36. The quantitative estimate of drug-likeness (QED) is 0.560. The maximum Gasteiger partial charge on any atom is 0.203 e. The molecule has 2 aromatic rings. The molecule has 2 aromatic carbocycles. The number of benzene rings is 2. The lowest BCUT2D eigenvalue weighted by molar-refractivity contribution is 0.0661. The molecule has 0 radical (unpaired) electrons. The number of piperazine rings is 1. The smallest absolute Gasteiger partial charge is 0.203 e. The molecule has 0 amide bonds. The molecule has 0 aliphatic carbocycles. The van der Waals surface area contributed by atoms with Crippen LogP contribution in [0.15, 0.2) is 36.4 Å². The van der Waals surface area contributed by atoms with Crippen molar-refractivity contribution in [1.29, 1.82) is 0 Å². The standard InChI is InChI=1S/C24H32N2O6/c1-17(27)18-5-7-19(8-6-18)26-11-9-25(10-12-26)15-20(28)16-32-21-13-22(29-2)24(31-4)23(14-21)30-3/h5-8,13-14,20,28H,9-12,15-16H2,1-4H3. The van der Waals surface area contributed by atoms with Gasteiger partial charge in [0.05, 0.1) is 21.3 Å². The van der Waals surface area contributed by atoms with Gasteiger partial charge in [-0.2, -0.15) is 0 Å². The van der Waals surface area contributed by atoms with Gasteiger partial charge in [0.15, 0.2) is 17.3 Å². The molecule has 0 saturated carbocycles. The summed E-state index contributed by atoms with van der Waals surface area (Å²) in [6, 6.07) is 11.1. The molecule has 1 heterocycles. The first-order valence-corrected chi connectivity index (χ1v) is 10.6. The Labute approximate surface area is 189 Å². The highest BCUT2D eigenvalue weighted by molar-refractivity contribution is 5.94. The molecular weight excluding hydrogens is 412 g/mol. The Balaban J connectivity index is 1.48. The van der Waals surface area contributed by atoms with E-state index >= 15 is 0 Å². The van der Waals surface area contributed by atoms with E-state index in [1.165, 1.54) is 0 Å². The molecule has 3 rings (SSSR count). The van der Waals surface area contributed by atoms with Gasteiger partial charge in [-0.1, -0.05) is 0 Å². The Morgan fingerprint density at radius 1 is 0.969 bits per heavy atom. The van der Waals surface area contributed by atoms with Crippen molar-refractivity contribution in [2.45, 2.75) is 13.0 Å². The molecule has 174 valence electrons. The molecule has 32 heavy (non-hydrogen) atoms. The zero-order valence-corrected chi connectivity index (χ0v) is 19.2. The Morgan fingerprint density at radius 3 is 2.06 bits per heavy atom. The molecule has 1 aliphatic heterocycles. The van der Waals surface area contributed by atoms with Crippen molar-refractivity contribution in [2.75, 3.05) is 65.6 Å². The second-order valence-electron chi connectivity index (χ2n) is 7.72. The number of carbonyl (C=O) groups is 1. The second kappa shape index (κ2) is 11.1. The third-order valence-corrected chi connectivity index (χ3v) is 5.56. The minimum atomic E-state index is -0.629. The van der Waals surface area contributed by atoms with Gasteiger partial charge < -0.3 is 29.0 Å². The molecule has 1 unspecified atom stereocenters. The molecule has 8 nitrogen and oxygen atoms in total. The predicted octanol–water partition coefficient (Wildman–Crippen LogP) is 2.48. The average molecular weight is 445 g/mol. The number of hydrogen-bond donors (Lipinski definition) is 1. The number of rotatable bonds is 10. The van der Waals surface area contributed by atoms with E-state index in [1.807, 2.05) is 24.3 Å². The molecule has 8 heteroatoms. The number of methoxy groups -OCH3 is 3. The largest absolute Gasteiger partial charge is 0.493 e. The molecule has 1 N–H and O–H groups in total. The molecular formula is C24H32N2O6. The number of β-amino-alcohol motifs (C(OH)–C–C–N with tert-alkyl or cyclic N) is 1. The van der Waals surface area contributed by atoms with Gasteiger partial charge in [0.25, 0.3) is 0 Å². The SMILES string of the molecule is COc1cc(OCC(O)CN2CCN(c3ccc(C(C)=O)cc3)CC2)cc(OC)c1OC. The van der Waals surface area contributed by atoms with Crippen molar-refractivity contribution in [2.24, 2.45) is 0 Å². The van der Waals surface area contributed by atoms with Crippen LogP contribution in [0.25, 0.3) is 0 Å². The highest BCUT2D eigenvalue weighted by atomic mass is 16.5. The molecule has 1 saturated heterocycles. The molecule has 0 aromatic heterocycles. The van der Waals surface area contributed by atoms with Crippen molar-refractivity contribution in [3.8, 4) is 23.0 Å². The number of anilines is 1. The topological polar surface area (TPSA) is 80.7 Å². The summed E-state index contributed by atoms with van der Waals surface area (Å²) < 4.78 is 21.8. The zero-order valence-electron chi connectivity index (χ0n) is 19.2. The number of nitrogens with zero attached hydrogens (tertiary/aromatic N) is 2. The lowest BCUT2D eigenvalue weighted by atomic mass is 10.1. The van der Waals surface area contributed by atoms with Crippen LogP contribution < -0.4 is 23.8 Å². The minimum absolute atomic E-state index is 0.0732. The van der Waals surface area contributed by atoms with Crippen LogP contribution in [0.3, 0.4) is 0 Å². The fourth-order valence-corrected chi connectivity index (χ4v) is 3.78. The Kier molecular flexibility index (Phi) is 8.19. The van der Waals surface area contributed by atoms with Crippen LogP contribution >= 0.6 is 0 Å². The van der Waals surface area contributed by atoms with E-state index in [1.54, 1.807) is 40.4 Å². The maximum absolute atomic E-state index is 11.4. The van der Waals surface area contributed by atoms with Gasteiger partial charge in [-0.3, -0.25) is 9.69 Å². The first-order valence-electron chi connectivity index (χ1n) is 10.6. The lowest BCUT2D eigenvalue weighted by Crippen LogP contribution is -2.49. The van der Waals surface area contributed by atoms with E-state index in [4.69, 9.17) is 18.9 Å².